The van der Waals surface area contributed by atoms with E-state index in [0.717, 1.165) is 11.1 Å². The van der Waals surface area contributed by atoms with Crippen molar-refractivity contribution in [3.8, 4) is 0 Å². The first-order valence-electron chi connectivity index (χ1n) is 9.52. The molecule has 1 aliphatic heterocycles. The molecule has 6 N–H and O–H groups in total. The Balaban J connectivity index is 1.79. The van der Waals surface area contributed by atoms with Crippen molar-refractivity contribution >= 4 is 29.4 Å². The van der Waals surface area contributed by atoms with E-state index in [-0.39, 0.29) is 17.5 Å². The van der Waals surface area contributed by atoms with Crippen LogP contribution in [0.25, 0.3) is 6.08 Å². The van der Waals surface area contributed by atoms with Gasteiger partial charge in [0.25, 0.3) is 5.91 Å². The summed E-state index contributed by atoms with van der Waals surface area (Å²) in [5, 5.41) is 18.8. The van der Waals surface area contributed by atoms with Gasteiger partial charge in [-0.15, -0.1) is 0 Å². The number of nitrogens with two attached hydrogens (primary N) is 1. The number of carbonyl (C=O) groups excluding carboxylic acids is 1. The smallest absolute Gasteiger partial charge is 0.251 e. The molecule has 9 heteroatoms. The van der Waals surface area contributed by atoms with Crippen LogP contribution in [0.1, 0.15) is 33.1 Å². The molecule has 1 atom stereocenters. The fraction of sp³-hybridized carbons (Fsp3) is 0.182. The molecule has 0 saturated carbocycles. The Morgan fingerprint density at radius 1 is 1.39 bits per heavy atom. The van der Waals surface area contributed by atoms with E-state index >= 15 is 0 Å². The van der Waals surface area contributed by atoms with Crippen molar-refractivity contribution in [2.45, 2.75) is 12.6 Å². The largest absolute Gasteiger partial charge is 0.404 e. The van der Waals surface area contributed by atoms with Gasteiger partial charge in [-0.1, -0.05) is 23.7 Å². The molecule has 1 aliphatic rings. The molecule has 0 aliphatic carbocycles. The zero-order valence-corrected chi connectivity index (χ0v) is 17.6. The highest BCUT2D eigenvalue weighted by Crippen LogP contribution is 2.22. The van der Waals surface area contributed by atoms with E-state index in [9.17, 15) is 14.3 Å². The number of fused-ring (bicyclic) bond motifs is 1. The summed E-state index contributed by atoms with van der Waals surface area (Å²) < 4.78 is 13.8. The Morgan fingerprint density at radius 3 is 2.87 bits per heavy atom. The molecule has 0 bridgehead atoms. The van der Waals surface area contributed by atoms with E-state index in [1.165, 1.54) is 18.3 Å². The maximum absolute atomic E-state index is 13.8. The Kier molecular flexibility index (Phi) is 7.28. The number of amidine groups is 1. The Hall–Kier alpha value is -3.36. The number of rotatable bonds is 6. The van der Waals surface area contributed by atoms with Crippen LogP contribution in [0.3, 0.4) is 0 Å². The number of nitrogens with zero attached hydrogens (tertiary/aromatic N) is 1. The van der Waals surface area contributed by atoms with Crippen LogP contribution in [-0.2, 0) is 6.54 Å². The first-order valence-corrected chi connectivity index (χ1v) is 9.90. The Labute approximate surface area is 184 Å². The lowest BCUT2D eigenvalue weighted by molar-refractivity contribution is 0.0916. The Bertz CT molecular complexity index is 1070. The van der Waals surface area contributed by atoms with Gasteiger partial charge in [0.1, 0.15) is 17.5 Å². The molecular formula is C22H23ClFN5O2. The number of aliphatic hydroxyl groups is 1. The predicted octanol–water partition coefficient (Wildman–Crippen LogP) is 2.43. The highest BCUT2D eigenvalue weighted by Gasteiger charge is 2.18. The molecule has 0 spiro atoms. The molecule has 1 heterocycles. The molecule has 2 aromatic rings. The molecule has 0 aromatic heterocycles. The molecule has 7 nitrogen and oxygen atoms in total. The van der Waals surface area contributed by atoms with E-state index in [1.807, 2.05) is 12.1 Å². The lowest BCUT2D eigenvalue weighted by atomic mass is 10.00. The van der Waals surface area contributed by atoms with E-state index in [0.29, 0.717) is 29.3 Å². The summed E-state index contributed by atoms with van der Waals surface area (Å²) in [7, 11) is 1.65. The van der Waals surface area contributed by atoms with Gasteiger partial charge in [0.05, 0.1) is 17.7 Å². The average Bonchev–Trinajstić information content (AvgIpc) is 2.78. The van der Waals surface area contributed by atoms with Crippen molar-refractivity contribution in [3.63, 3.8) is 0 Å². The van der Waals surface area contributed by atoms with Gasteiger partial charge in [-0.2, -0.15) is 0 Å². The minimum atomic E-state index is -0.767. The number of nitrogens with one attached hydrogen (secondary N) is 3. The van der Waals surface area contributed by atoms with Crippen LogP contribution >= 0.6 is 11.6 Å². The van der Waals surface area contributed by atoms with E-state index in [1.54, 1.807) is 31.3 Å². The molecule has 0 radical (unpaired) electrons. The van der Waals surface area contributed by atoms with Crippen LogP contribution in [-0.4, -0.2) is 30.5 Å². The number of carbonyl (C=O) groups is 1. The minimum absolute atomic E-state index is 0.0236. The minimum Gasteiger partial charge on any atom is -0.404 e. The molecule has 0 saturated heterocycles. The third-order valence-corrected chi connectivity index (χ3v) is 5.08. The standard InChI is InChI=1S/C22H23ClFN5O2/c1-26-20(6-7-25)29-21-10-16-8-14(2-3-15(16)11-27-21)22(31)28-19(12-30)13-4-5-17(23)18(24)9-13/h2-10,19,27,30H,11-12,25H2,1H3,(H,26,29)(H,28,31)/t19-/m1/s1. The summed E-state index contributed by atoms with van der Waals surface area (Å²) in [5.74, 6) is 0.298. The Morgan fingerprint density at radius 2 is 2.19 bits per heavy atom. The van der Waals surface area contributed by atoms with Crippen LogP contribution in [0, 0.1) is 5.82 Å². The van der Waals surface area contributed by atoms with Gasteiger partial charge < -0.3 is 26.8 Å². The first-order chi connectivity index (χ1) is 14.9. The zero-order chi connectivity index (χ0) is 22.4. The maximum Gasteiger partial charge on any atom is 0.251 e. The van der Waals surface area contributed by atoms with Crippen LogP contribution in [0.5, 0.6) is 0 Å². The molecule has 162 valence electrons. The van der Waals surface area contributed by atoms with Crippen molar-refractivity contribution < 1.29 is 14.3 Å². The molecule has 31 heavy (non-hydrogen) atoms. The summed E-state index contributed by atoms with van der Waals surface area (Å²) in [5.41, 5.74) is 8.13. The third kappa shape index (κ3) is 5.42. The number of amides is 1. The van der Waals surface area contributed by atoms with Gasteiger partial charge in [0, 0.05) is 19.2 Å². The van der Waals surface area contributed by atoms with Gasteiger partial charge in [-0.25, -0.2) is 4.39 Å². The number of hydrogen-bond acceptors (Lipinski definition) is 5. The van der Waals surface area contributed by atoms with Gasteiger partial charge in [0.2, 0.25) is 0 Å². The van der Waals surface area contributed by atoms with Gasteiger partial charge >= 0.3 is 0 Å². The topological polar surface area (TPSA) is 112 Å². The number of aliphatic imine (C=N–C) groups is 1. The van der Waals surface area contributed by atoms with E-state index < -0.39 is 11.9 Å². The van der Waals surface area contributed by atoms with E-state index in [2.05, 4.69) is 20.9 Å². The number of hydrogen-bond donors (Lipinski definition) is 5. The second-order valence-electron chi connectivity index (χ2n) is 6.80. The highest BCUT2D eigenvalue weighted by atomic mass is 35.5. The maximum atomic E-state index is 13.8. The highest BCUT2D eigenvalue weighted by molar-refractivity contribution is 6.30. The monoisotopic (exact) mass is 443 g/mol. The van der Waals surface area contributed by atoms with Crippen LogP contribution in [0.4, 0.5) is 4.39 Å². The van der Waals surface area contributed by atoms with Crippen molar-refractivity contribution in [2.75, 3.05) is 13.7 Å². The SMILES string of the molecule is CN=C(C=CN)NC1=Cc2cc(C(=O)N[C@H](CO)c3ccc(Cl)c(F)c3)ccc2CN1. The molecule has 3 rings (SSSR count). The summed E-state index contributed by atoms with van der Waals surface area (Å²) in [6, 6.07) is 8.70. The molecule has 2 aromatic carbocycles. The fourth-order valence-corrected chi connectivity index (χ4v) is 3.23. The molecule has 1 amide bonds. The number of benzene rings is 2. The molecule has 0 unspecified atom stereocenters. The summed E-state index contributed by atoms with van der Waals surface area (Å²) >= 11 is 5.71. The number of aliphatic hydroxyl groups excluding tert-OH is 1. The van der Waals surface area contributed by atoms with Crippen molar-refractivity contribution in [3.05, 3.63) is 87.6 Å². The lowest BCUT2D eigenvalue weighted by Crippen LogP contribution is -2.33. The predicted molar refractivity (Wildman–Crippen MR) is 120 cm³/mol. The fourth-order valence-electron chi connectivity index (χ4n) is 3.12. The van der Waals surface area contributed by atoms with Crippen LogP contribution in [0.15, 0.2) is 59.5 Å². The van der Waals surface area contributed by atoms with Gasteiger partial charge in [0.15, 0.2) is 0 Å². The first kappa shape index (κ1) is 22.3. The lowest BCUT2D eigenvalue weighted by Gasteiger charge is -2.21. The second kappa shape index (κ2) is 10.1. The van der Waals surface area contributed by atoms with Crippen molar-refractivity contribution in [2.24, 2.45) is 10.7 Å². The van der Waals surface area contributed by atoms with Crippen molar-refractivity contribution in [1.29, 1.82) is 0 Å². The quantitative estimate of drug-likeness (QED) is 0.348. The third-order valence-electron chi connectivity index (χ3n) is 4.77. The van der Waals surface area contributed by atoms with Crippen LogP contribution in [0.2, 0.25) is 5.02 Å². The summed E-state index contributed by atoms with van der Waals surface area (Å²) in [6.07, 6.45) is 4.89. The normalized spacial score (nSPS) is 14.5. The average molecular weight is 444 g/mol. The summed E-state index contributed by atoms with van der Waals surface area (Å²) in [6.45, 7) is 0.187. The second-order valence-corrected chi connectivity index (χ2v) is 7.21. The number of halogens is 2. The van der Waals surface area contributed by atoms with E-state index in [4.69, 9.17) is 17.3 Å². The van der Waals surface area contributed by atoms with Gasteiger partial charge in [-0.05, 0) is 59.3 Å². The molecular weight excluding hydrogens is 421 g/mol. The zero-order valence-electron chi connectivity index (χ0n) is 16.8. The van der Waals surface area contributed by atoms with Crippen molar-refractivity contribution in [1.82, 2.24) is 16.0 Å². The molecule has 0 fully saturated rings. The van der Waals surface area contributed by atoms with Gasteiger partial charge in [-0.3, -0.25) is 9.79 Å². The van der Waals surface area contributed by atoms with Crippen LogP contribution < -0.4 is 21.7 Å². The summed E-state index contributed by atoms with van der Waals surface area (Å²) in [4.78, 5) is 16.9.